The summed E-state index contributed by atoms with van der Waals surface area (Å²) in [5.41, 5.74) is 18.1. The first kappa shape index (κ1) is 32.2. The van der Waals surface area contributed by atoms with Gasteiger partial charge in [0.2, 0.25) is 0 Å². The van der Waals surface area contributed by atoms with Gasteiger partial charge >= 0.3 is 5.97 Å². The van der Waals surface area contributed by atoms with Crippen molar-refractivity contribution in [2.24, 2.45) is 22.2 Å². The van der Waals surface area contributed by atoms with Gasteiger partial charge < -0.3 is 36.9 Å². The number of hydrogen-bond donors (Lipinski definition) is 5. The second kappa shape index (κ2) is 14.3. The number of nitrogens with zero attached hydrogens (tertiary/aromatic N) is 3. The number of nitrogens with one attached hydrogen (secondary N) is 1. The number of aromatic amines is 1. The Hall–Kier alpha value is -5.20. The number of Topliss-reactive ketones (excluding diaryl/α,β-unsaturated/α-hetero) is 1. The van der Waals surface area contributed by atoms with Crippen molar-refractivity contribution < 1.29 is 24.2 Å². The molecule has 0 spiro atoms. The topological polar surface area (TPSA) is 197 Å². The highest BCUT2D eigenvalue weighted by molar-refractivity contribution is 6.21. The number of anilines is 2. The van der Waals surface area contributed by atoms with Crippen LogP contribution < -0.4 is 27.0 Å². The largest absolute Gasteiger partial charge is 0.480 e. The quantitative estimate of drug-likeness (QED) is 0.0408. The van der Waals surface area contributed by atoms with Crippen molar-refractivity contribution >= 4 is 45.9 Å². The van der Waals surface area contributed by atoms with Crippen LogP contribution in [0.5, 0.6) is 0 Å². The minimum Gasteiger partial charge on any atom is -0.480 e. The molecule has 1 amide bonds. The summed E-state index contributed by atoms with van der Waals surface area (Å²) in [6, 6.07) is 24.1. The number of nitrogens with two attached hydrogens (primary N) is 3. The Bertz CT molecular complexity index is 1690. The molecule has 3 atom stereocenters. The fraction of sp³-hybridized carbons (Fsp3) is 0.294. The smallest absolute Gasteiger partial charge is 0.323 e. The molecule has 1 saturated heterocycles. The molecule has 0 radical (unpaired) electrons. The standard InChI is InChI=1S/C34H39N7O5/c35-28(15-9-17-38-33(36)37)31(44)34(18-23-19-39-29-16-8-7-14-27(23)29,41(20-26-22-46-26)25-12-5-2-6-13-25)32(45)40(21-30(42)43)24-10-3-1-4-11-24/h1-8,10-14,16,19,26,28,39H,9,15,17-18,20-22,35H2,(H,42,43)(H4,36,37,38)/t26?,28?,34-/m1/s1. The van der Waals surface area contributed by atoms with Gasteiger partial charge in [0.15, 0.2) is 17.3 Å². The molecule has 12 heteroatoms. The highest BCUT2D eigenvalue weighted by Gasteiger charge is 2.56. The number of hydrogen-bond acceptors (Lipinski definition) is 7. The molecule has 0 saturated carbocycles. The van der Waals surface area contributed by atoms with Crippen LogP contribution >= 0.6 is 0 Å². The number of aromatic nitrogens is 1. The number of rotatable bonds is 16. The first-order valence-electron chi connectivity index (χ1n) is 15.1. The number of aliphatic imine (C=N–C) groups is 1. The van der Waals surface area contributed by atoms with Crippen molar-refractivity contribution in [2.75, 3.05) is 36.0 Å². The number of ether oxygens (including phenoxy) is 1. The van der Waals surface area contributed by atoms with E-state index in [1.807, 2.05) is 54.6 Å². The van der Waals surface area contributed by atoms with Gasteiger partial charge in [0, 0.05) is 48.0 Å². The second-order valence-corrected chi connectivity index (χ2v) is 11.3. The number of benzene rings is 3. The Morgan fingerprint density at radius 1 is 0.978 bits per heavy atom. The fourth-order valence-electron chi connectivity index (χ4n) is 5.84. The minimum atomic E-state index is -1.99. The molecule has 1 aliphatic rings. The third-order valence-electron chi connectivity index (χ3n) is 8.11. The molecular weight excluding hydrogens is 586 g/mol. The number of carbonyl (C=O) groups is 3. The van der Waals surface area contributed by atoms with Gasteiger partial charge in [0.1, 0.15) is 6.54 Å². The van der Waals surface area contributed by atoms with E-state index < -0.39 is 35.8 Å². The number of fused-ring (bicyclic) bond motifs is 1. The van der Waals surface area contributed by atoms with Gasteiger partial charge in [0.25, 0.3) is 5.91 Å². The summed E-state index contributed by atoms with van der Waals surface area (Å²) in [5.74, 6) is -2.57. The number of epoxide rings is 1. The molecule has 1 aliphatic heterocycles. The summed E-state index contributed by atoms with van der Waals surface area (Å²) in [4.78, 5) is 53.0. The van der Waals surface area contributed by atoms with Crippen molar-refractivity contribution in [3.63, 3.8) is 0 Å². The number of aliphatic carboxylic acids is 1. The predicted octanol–water partition coefficient (Wildman–Crippen LogP) is 2.42. The molecule has 8 N–H and O–H groups in total. The molecule has 1 aromatic heterocycles. The monoisotopic (exact) mass is 625 g/mol. The number of carboxylic acids is 1. The summed E-state index contributed by atoms with van der Waals surface area (Å²) in [6.45, 7) is 0.228. The molecule has 3 aromatic carbocycles. The zero-order valence-electron chi connectivity index (χ0n) is 25.4. The fourth-order valence-corrected chi connectivity index (χ4v) is 5.84. The van der Waals surface area contributed by atoms with Crippen LogP contribution in [-0.2, 0) is 25.5 Å². The van der Waals surface area contributed by atoms with Crippen LogP contribution in [0.4, 0.5) is 11.4 Å². The Morgan fingerprint density at radius 3 is 2.24 bits per heavy atom. The van der Waals surface area contributed by atoms with Gasteiger partial charge in [0.05, 0.1) is 18.8 Å². The summed E-state index contributed by atoms with van der Waals surface area (Å²) in [7, 11) is 0. The van der Waals surface area contributed by atoms with Crippen LogP contribution in [0.2, 0.25) is 0 Å². The number of carbonyl (C=O) groups excluding carboxylic acids is 2. The summed E-state index contributed by atoms with van der Waals surface area (Å²) in [5, 5.41) is 10.9. The van der Waals surface area contributed by atoms with Crippen LogP contribution in [0, 0.1) is 0 Å². The Kier molecular flexibility index (Phi) is 9.99. The van der Waals surface area contributed by atoms with Gasteiger partial charge in [-0.2, -0.15) is 0 Å². The average Bonchev–Trinajstić information content (AvgIpc) is 3.81. The molecule has 240 valence electrons. The van der Waals surface area contributed by atoms with Crippen LogP contribution in [0.1, 0.15) is 18.4 Å². The van der Waals surface area contributed by atoms with E-state index in [1.165, 1.54) is 0 Å². The Balaban J connectivity index is 1.73. The van der Waals surface area contributed by atoms with E-state index in [1.54, 1.807) is 41.4 Å². The van der Waals surface area contributed by atoms with Gasteiger partial charge in [-0.15, -0.1) is 0 Å². The van der Waals surface area contributed by atoms with E-state index >= 15 is 9.59 Å². The third-order valence-corrected chi connectivity index (χ3v) is 8.11. The SMILES string of the molecule is NC(N)=NCCCC(N)C(=O)[C@](Cc1c[nH]c2ccccc12)(C(=O)N(CC(=O)O)c1ccccc1)N(CC1CO1)c1ccccc1. The van der Waals surface area contributed by atoms with E-state index in [4.69, 9.17) is 21.9 Å². The number of guanidine groups is 1. The third kappa shape index (κ3) is 7.19. The molecule has 2 unspecified atom stereocenters. The lowest BCUT2D eigenvalue weighted by Gasteiger charge is -2.46. The van der Waals surface area contributed by atoms with Crippen LogP contribution in [0.25, 0.3) is 10.9 Å². The maximum atomic E-state index is 15.4. The number of carboxylic acid groups (broad SMARTS) is 1. The highest BCUT2D eigenvalue weighted by Crippen LogP contribution is 2.37. The zero-order valence-corrected chi connectivity index (χ0v) is 25.4. The van der Waals surface area contributed by atoms with Crippen LogP contribution in [0.15, 0.2) is 96.1 Å². The van der Waals surface area contributed by atoms with Gasteiger partial charge in [-0.1, -0.05) is 54.6 Å². The number of para-hydroxylation sites is 3. The lowest BCUT2D eigenvalue weighted by molar-refractivity contribution is -0.140. The number of H-pyrrole nitrogens is 1. The number of amides is 1. The molecular formula is C34H39N7O5. The van der Waals surface area contributed by atoms with E-state index in [0.717, 1.165) is 15.8 Å². The van der Waals surface area contributed by atoms with Crippen molar-refractivity contribution in [1.82, 2.24) is 4.98 Å². The highest BCUT2D eigenvalue weighted by atomic mass is 16.6. The maximum Gasteiger partial charge on any atom is 0.323 e. The Labute approximate surface area is 266 Å². The van der Waals surface area contributed by atoms with Gasteiger partial charge in [-0.25, -0.2) is 0 Å². The summed E-state index contributed by atoms with van der Waals surface area (Å²) >= 11 is 0. The lowest BCUT2D eigenvalue weighted by atomic mass is 9.78. The zero-order chi connectivity index (χ0) is 32.7. The molecule has 46 heavy (non-hydrogen) atoms. The summed E-state index contributed by atoms with van der Waals surface area (Å²) in [6.07, 6.45) is 2.01. The van der Waals surface area contributed by atoms with Crippen molar-refractivity contribution in [3.05, 3.63) is 96.7 Å². The van der Waals surface area contributed by atoms with Crippen molar-refractivity contribution in [3.8, 4) is 0 Å². The van der Waals surface area contributed by atoms with Gasteiger partial charge in [-0.05, 0) is 48.7 Å². The van der Waals surface area contributed by atoms with Crippen molar-refractivity contribution in [2.45, 2.75) is 36.9 Å². The van der Waals surface area contributed by atoms with Crippen LogP contribution in [0.3, 0.4) is 0 Å². The van der Waals surface area contributed by atoms with E-state index in [0.29, 0.717) is 30.0 Å². The Morgan fingerprint density at radius 2 is 1.61 bits per heavy atom. The van der Waals surface area contributed by atoms with Crippen LogP contribution in [-0.4, -0.2) is 77.6 Å². The second-order valence-electron chi connectivity index (χ2n) is 11.3. The molecule has 1 fully saturated rings. The minimum absolute atomic E-state index is 0.0735. The first-order valence-corrected chi connectivity index (χ1v) is 15.1. The maximum absolute atomic E-state index is 15.4. The number of ketones is 1. The summed E-state index contributed by atoms with van der Waals surface area (Å²) < 4.78 is 5.64. The molecule has 12 nitrogen and oxygen atoms in total. The molecule has 4 aromatic rings. The predicted molar refractivity (Wildman–Crippen MR) is 178 cm³/mol. The first-order chi connectivity index (χ1) is 22.2. The van der Waals surface area contributed by atoms with E-state index in [2.05, 4.69) is 9.98 Å². The molecule has 0 aliphatic carbocycles. The van der Waals surface area contributed by atoms with Gasteiger partial charge in [-0.3, -0.25) is 24.3 Å². The lowest BCUT2D eigenvalue weighted by Crippen LogP contribution is -2.70. The molecule has 5 rings (SSSR count). The molecule has 0 bridgehead atoms. The normalized spacial score (nSPS) is 15.8. The average molecular weight is 626 g/mol. The van der Waals surface area contributed by atoms with Crippen molar-refractivity contribution in [1.29, 1.82) is 0 Å². The van der Waals surface area contributed by atoms with E-state index in [-0.39, 0.29) is 38.0 Å². The molecule has 2 heterocycles. The van der Waals surface area contributed by atoms with E-state index in [9.17, 15) is 9.90 Å².